The highest BCUT2D eigenvalue weighted by Crippen LogP contribution is 2.41. The Morgan fingerprint density at radius 1 is 0.275 bits per heavy atom. The van der Waals surface area contributed by atoms with Gasteiger partial charge in [0.2, 0.25) is 0 Å². The van der Waals surface area contributed by atoms with E-state index in [-0.39, 0.29) is 0 Å². The molecule has 238 valence electrons. The summed E-state index contributed by atoms with van der Waals surface area (Å²) in [4.78, 5) is 0. The Hall–Kier alpha value is -6.42. The van der Waals surface area contributed by atoms with Gasteiger partial charge in [-0.1, -0.05) is 103 Å². The molecule has 51 heavy (non-hydrogen) atoms. The Morgan fingerprint density at radius 2 is 0.725 bits per heavy atom. The Balaban J connectivity index is 1.08. The smallest absolute Gasteiger partial charge is 0.0541 e. The summed E-state index contributed by atoms with van der Waals surface area (Å²) in [6.45, 7) is 0. The minimum atomic E-state index is 1.18. The van der Waals surface area contributed by atoms with Crippen molar-refractivity contribution < 1.29 is 0 Å². The number of aromatic nitrogens is 2. The first kappa shape index (κ1) is 28.4. The summed E-state index contributed by atoms with van der Waals surface area (Å²) >= 11 is 1.87. The number of hydrogen-bond acceptors (Lipinski definition) is 1. The lowest BCUT2D eigenvalue weighted by atomic mass is 10.0. The summed E-state index contributed by atoms with van der Waals surface area (Å²) in [7, 11) is 0. The average molecular weight is 667 g/mol. The summed E-state index contributed by atoms with van der Waals surface area (Å²) in [5.41, 5.74) is 12.2. The summed E-state index contributed by atoms with van der Waals surface area (Å²) in [5, 5.41) is 7.67. The highest BCUT2D eigenvalue weighted by Gasteiger charge is 2.17. The van der Waals surface area contributed by atoms with Gasteiger partial charge in [-0.25, -0.2) is 0 Å². The molecular weight excluding hydrogens is 637 g/mol. The second-order valence-corrected chi connectivity index (χ2v) is 14.4. The van der Waals surface area contributed by atoms with E-state index in [1.54, 1.807) is 0 Å². The topological polar surface area (TPSA) is 9.86 Å². The van der Waals surface area contributed by atoms with Crippen molar-refractivity contribution in [2.45, 2.75) is 0 Å². The first-order valence-corrected chi connectivity index (χ1v) is 18.2. The van der Waals surface area contributed by atoms with Gasteiger partial charge in [-0.15, -0.1) is 11.3 Å². The van der Waals surface area contributed by atoms with Gasteiger partial charge in [-0.3, -0.25) is 0 Å². The maximum atomic E-state index is 2.44. The van der Waals surface area contributed by atoms with Gasteiger partial charge in [-0.2, -0.15) is 0 Å². The van der Waals surface area contributed by atoms with Gasteiger partial charge in [0.15, 0.2) is 0 Å². The molecule has 3 heterocycles. The lowest BCUT2D eigenvalue weighted by Gasteiger charge is -2.10. The number of nitrogens with zero attached hydrogens (tertiary/aromatic N) is 2. The maximum absolute atomic E-state index is 2.44. The minimum Gasteiger partial charge on any atom is -0.309 e. The average Bonchev–Trinajstić information content (AvgIpc) is 3.85. The predicted molar refractivity (Wildman–Crippen MR) is 219 cm³/mol. The lowest BCUT2D eigenvalue weighted by Crippen LogP contribution is -1.93. The largest absolute Gasteiger partial charge is 0.309 e. The van der Waals surface area contributed by atoms with Gasteiger partial charge in [0, 0.05) is 53.1 Å². The van der Waals surface area contributed by atoms with E-state index in [9.17, 15) is 0 Å². The van der Waals surface area contributed by atoms with E-state index in [1.807, 2.05) is 11.3 Å². The van der Waals surface area contributed by atoms with Crippen molar-refractivity contribution in [3.05, 3.63) is 182 Å². The van der Waals surface area contributed by atoms with Crippen molar-refractivity contribution in [3.63, 3.8) is 0 Å². The fourth-order valence-corrected chi connectivity index (χ4v) is 9.22. The Morgan fingerprint density at radius 3 is 1.37 bits per heavy atom. The van der Waals surface area contributed by atoms with Crippen molar-refractivity contribution in [1.29, 1.82) is 0 Å². The Labute approximate surface area is 298 Å². The van der Waals surface area contributed by atoms with Crippen molar-refractivity contribution in [1.82, 2.24) is 9.13 Å². The standard InChI is InChI=1S/C48H30N2S/c1-3-11-31(12-4-1)32-21-25-47-41(29-32)42-30-36(22-26-48(42)51-47)50-44-18-10-8-16-38(44)40-28-34(20-24-46(40)50)33-19-23-45-39(27-33)37-15-7-9-17-43(37)49(45)35-13-5-2-6-14-35/h1-30H. The minimum absolute atomic E-state index is 1.18. The third-order valence-electron chi connectivity index (χ3n) is 10.5. The van der Waals surface area contributed by atoms with E-state index < -0.39 is 0 Å². The number of benzene rings is 8. The predicted octanol–water partition coefficient (Wildman–Crippen LogP) is 13.6. The molecule has 0 atom stereocenters. The van der Waals surface area contributed by atoms with E-state index >= 15 is 0 Å². The van der Waals surface area contributed by atoms with Crippen molar-refractivity contribution in [2.24, 2.45) is 0 Å². The van der Waals surface area contributed by atoms with E-state index in [2.05, 4.69) is 191 Å². The van der Waals surface area contributed by atoms with Crippen LogP contribution in [-0.2, 0) is 0 Å². The molecule has 0 saturated heterocycles. The van der Waals surface area contributed by atoms with Crippen LogP contribution >= 0.6 is 11.3 Å². The fraction of sp³-hybridized carbons (Fsp3) is 0. The van der Waals surface area contributed by atoms with Crippen molar-refractivity contribution in [3.8, 4) is 33.6 Å². The van der Waals surface area contributed by atoms with E-state index in [0.717, 1.165) is 0 Å². The molecule has 0 saturated carbocycles. The summed E-state index contributed by atoms with van der Waals surface area (Å²) in [5.74, 6) is 0. The molecule has 3 aromatic heterocycles. The lowest BCUT2D eigenvalue weighted by molar-refractivity contribution is 1.18. The first-order chi connectivity index (χ1) is 25.3. The quantitative estimate of drug-likeness (QED) is 0.177. The van der Waals surface area contributed by atoms with Gasteiger partial charge in [0.1, 0.15) is 0 Å². The Kier molecular flexibility index (Phi) is 6.16. The van der Waals surface area contributed by atoms with Crippen LogP contribution in [0.2, 0.25) is 0 Å². The van der Waals surface area contributed by atoms with Crippen LogP contribution in [0.3, 0.4) is 0 Å². The second-order valence-electron chi connectivity index (χ2n) is 13.4. The number of thiophene rings is 1. The summed E-state index contributed by atoms with van der Waals surface area (Å²) in [6.07, 6.45) is 0. The van der Waals surface area contributed by atoms with Crippen LogP contribution in [0.15, 0.2) is 182 Å². The van der Waals surface area contributed by atoms with Gasteiger partial charge in [0.25, 0.3) is 0 Å². The third-order valence-corrected chi connectivity index (χ3v) is 11.7. The van der Waals surface area contributed by atoms with Crippen LogP contribution in [0.25, 0.3) is 97.4 Å². The van der Waals surface area contributed by atoms with E-state index in [4.69, 9.17) is 0 Å². The molecule has 0 aliphatic heterocycles. The van der Waals surface area contributed by atoms with Crippen LogP contribution in [0, 0.1) is 0 Å². The molecule has 0 amide bonds. The molecule has 0 unspecified atom stereocenters. The van der Waals surface area contributed by atoms with Crippen LogP contribution in [0.1, 0.15) is 0 Å². The molecule has 8 aromatic carbocycles. The van der Waals surface area contributed by atoms with Gasteiger partial charge in [-0.05, 0) is 101 Å². The van der Waals surface area contributed by atoms with Gasteiger partial charge < -0.3 is 9.13 Å². The molecule has 11 aromatic rings. The molecule has 0 fully saturated rings. The molecule has 0 bridgehead atoms. The molecule has 0 aliphatic carbocycles. The van der Waals surface area contributed by atoms with Crippen LogP contribution in [0.4, 0.5) is 0 Å². The zero-order valence-corrected chi connectivity index (χ0v) is 28.4. The highest BCUT2D eigenvalue weighted by atomic mass is 32.1. The highest BCUT2D eigenvalue weighted by molar-refractivity contribution is 7.25. The van der Waals surface area contributed by atoms with Crippen molar-refractivity contribution in [2.75, 3.05) is 0 Å². The SMILES string of the molecule is c1ccc(-c2ccc3sc4ccc(-n5c6ccccc6c6cc(-c7ccc8c(c7)c7ccccc7n8-c7ccccc7)ccc65)cc4c3c2)cc1. The van der Waals surface area contributed by atoms with Crippen LogP contribution in [-0.4, -0.2) is 9.13 Å². The van der Waals surface area contributed by atoms with Gasteiger partial charge in [0.05, 0.1) is 22.1 Å². The third kappa shape index (κ3) is 4.35. The zero-order chi connectivity index (χ0) is 33.5. The normalized spacial score (nSPS) is 11.9. The molecule has 11 rings (SSSR count). The number of fused-ring (bicyclic) bond motifs is 9. The van der Waals surface area contributed by atoms with Crippen molar-refractivity contribution >= 4 is 75.1 Å². The summed E-state index contributed by atoms with van der Waals surface area (Å²) < 4.78 is 7.44. The number of rotatable bonds is 4. The second kappa shape index (κ2) is 11.0. The zero-order valence-electron chi connectivity index (χ0n) is 27.6. The molecule has 2 nitrogen and oxygen atoms in total. The number of para-hydroxylation sites is 3. The fourth-order valence-electron chi connectivity index (χ4n) is 8.15. The first-order valence-electron chi connectivity index (χ1n) is 17.4. The van der Waals surface area contributed by atoms with Crippen LogP contribution < -0.4 is 0 Å². The van der Waals surface area contributed by atoms with E-state index in [0.29, 0.717) is 0 Å². The molecule has 0 radical (unpaired) electrons. The molecule has 0 spiro atoms. The van der Waals surface area contributed by atoms with Gasteiger partial charge >= 0.3 is 0 Å². The Bertz CT molecular complexity index is 3130. The molecule has 0 aliphatic rings. The maximum Gasteiger partial charge on any atom is 0.0541 e. The molecular formula is C48H30N2S. The molecule has 3 heteroatoms. The van der Waals surface area contributed by atoms with E-state index in [1.165, 1.54) is 97.4 Å². The monoisotopic (exact) mass is 666 g/mol. The molecule has 0 N–H and O–H groups in total. The van der Waals surface area contributed by atoms with Crippen LogP contribution in [0.5, 0.6) is 0 Å². The number of hydrogen-bond donors (Lipinski definition) is 0. The summed E-state index contributed by atoms with van der Waals surface area (Å²) in [6, 6.07) is 66.7.